The number of carbonyl (C=O) groups is 1. The number of ether oxygens (including phenoxy) is 1. The lowest BCUT2D eigenvalue weighted by Crippen LogP contribution is -2.38. The number of aryl methyl sites for hydroxylation is 1. The largest absolute Gasteiger partial charge is 0.481 e. The van der Waals surface area contributed by atoms with E-state index in [-0.39, 0.29) is 5.91 Å². The van der Waals surface area contributed by atoms with Crippen molar-refractivity contribution in [3.8, 4) is 5.75 Å². The van der Waals surface area contributed by atoms with Crippen molar-refractivity contribution in [1.82, 2.24) is 4.90 Å². The number of nitrogen functional groups attached to an aromatic ring is 1. The summed E-state index contributed by atoms with van der Waals surface area (Å²) in [7, 11) is 0. The van der Waals surface area contributed by atoms with Crippen molar-refractivity contribution in [3.63, 3.8) is 0 Å². The van der Waals surface area contributed by atoms with E-state index < -0.39 is 6.10 Å². The molecule has 1 fully saturated rings. The maximum absolute atomic E-state index is 12.4. The van der Waals surface area contributed by atoms with Crippen LogP contribution in [-0.2, 0) is 4.79 Å². The molecule has 2 rings (SSSR count). The molecule has 1 atom stereocenters. The van der Waals surface area contributed by atoms with Crippen molar-refractivity contribution >= 4 is 11.6 Å². The first-order valence-electron chi connectivity index (χ1n) is 7.75. The molecule has 116 valence electrons. The van der Waals surface area contributed by atoms with E-state index in [1.165, 1.54) is 0 Å². The van der Waals surface area contributed by atoms with Crippen LogP contribution in [0.25, 0.3) is 0 Å². The SMILES string of the molecule is Cc1cc(OC(C)C(=O)N2CCCC2)c(C(C)C)cc1N. The van der Waals surface area contributed by atoms with Crippen LogP contribution >= 0.6 is 0 Å². The van der Waals surface area contributed by atoms with Gasteiger partial charge in [-0.1, -0.05) is 13.8 Å². The van der Waals surface area contributed by atoms with Crippen LogP contribution in [0, 0.1) is 6.92 Å². The van der Waals surface area contributed by atoms with Gasteiger partial charge in [0, 0.05) is 18.8 Å². The summed E-state index contributed by atoms with van der Waals surface area (Å²) in [6, 6.07) is 3.90. The third-order valence-electron chi connectivity index (χ3n) is 4.09. The maximum Gasteiger partial charge on any atom is 0.263 e. The Morgan fingerprint density at radius 2 is 1.86 bits per heavy atom. The van der Waals surface area contributed by atoms with Gasteiger partial charge in [0.2, 0.25) is 0 Å². The van der Waals surface area contributed by atoms with E-state index in [1.807, 2.05) is 30.9 Å². The average molecular weight is 290 g/mol. The summed E-state index contributed by atoms with van der Waals surface area (Å²) >= 11 is 0. The fourth-order valence-electron chi connectivity index (χ4n) is 2.70. The Bertz CT molecular complexity index is 520. The maximum atomic E-state index is 12.4. The highest BCUT2D eigenvalue weighted by Crippen LogP contribution is 2.31. The van der Waals surface area contributed by atoms with E-state index in [2.05, 4.69) is 13.8 Å². The van der Waals surface area contributed by atoms with Crippen molar-refractivity contribution in [2.75, 3.05) is 18.8 Å². The molecule has 0 aliphatic carbocycles. The zero-order valence-corrected chi connectivity index (χ0v) is 13.5. The van der Waals surface area contributed by atoms with Crippen LogP contribution in [0.5, 0.6) is 5.75 Å². The number of anilines is 1. The highest BCUT2D eigenvalue weighted by molar-refractivity contribution is 5.81. The number of likely N-dealkylation sites (tertiary alicyclic amines) is 1. The van der Waals surface area contributed by atoms with Crippen LogP contribution in [-0.4, -0.2) is 30.0 Å². The van der Waals surface area contributed by atoms with Crippen molar-refractivity contribution in [2.24, 2.45) is 0 Å². The van der Waals surface area contributed by atoms with Crippen LogP contribution in [0.2, 0.25) is 0 Å². The van der Waals surface area contributed by atoms with E-state index in [4.69, 9.17) is 10.5 Å². The fraction of sp³-hybridized carbons (Fsp3) is 0.588. The molecule has 1 aromatic rings. The molecule has 0 saturated carbocycles. The van der Waals surface area contributed by atoms with Crippen LogP contribution < -0.4 is 10.5 Å². The molecule has 1 aliphatic rings. The second-order valence-electron chi connectivity index (χ2n) is 6.19. The number of benzene rings is 1. The molecule has 1 aliphatic heterocycles. The molecule has 2 N–H and O–H groups in total. The number of rotatable bonds is 4. The lowest BCUT2D eigenvalue weighted by molar-refractivity contribution is -0.136. The molecule has 0 aromatic heterocycles. The average Bonchev–Trinajstić information content (AvgIpc) is 2.95. The quantitative estimate of drug-likeness (QED) is 0.867. The Morgan fingerprint density at radius 1 is 1.24 bits per heavy atom. The number of hydrogen-bond acceptors (Lipinski definition) is 3. The zero-order valence-electron chi connectivity index (χ0n) is 13.5. The first-order valence-corrected chi connectivity index (χ1v) is 7.75. The number of nitrogens with two attached hydrogens (primary N) is 1. The van der Waals surface area contributed by atoms with Crippen molar-refractivity contribution < 1.29 is 9.53 Å². The fourth-order valence-corrected chi connectivity index (χ4v) is 2.70. The van der Waals surface area contributed by atoms with Gasteiger partial charge in [-0.2, -0.15) is 0 Å². The summed E-state index contributed by atoms with van der Waals surface area (Å²) in [5.41, 5.74) is 8.79. The zero-order chi connectivity index (χ0) is 15.6. The minimum Gasteiger partial charge on any atom is -0.481 e. The van der Waals surface area contributed by atoms with Gasteiger partial charge in [0.05, 0.1) is 0 Å². The highest BCUT2D eigenvalue weighted by atomic mass is 16.5. The van der Waals surface area contributed by atoms with E-state index >= 15 is 0 Å². The van der Waals surface area contributed by atoms with E-state index in [1.54, 1.807) is 0 Å². The molecular formula is C17H26N2O2. The first-order chi connectivity index (χ1) is 9.90. The minimum absolute atomic E-state index is 0.0803. The topological polar surface area (TPSA) is 55.6 Å². The summed E-state index contributed by atoms with van der Waals surface area (Å²) < 4.78 is 5.97. The molecular weight excluding hydrogens is 264 g/mol. The lowest BCUT2D eigenvalue weighted by Gasteiger charge is -2.23. The Balaban J connectivity index is 2.17. The lowest BCUT2D eigenvalue weighted by atomic mass is 9.99. The predicted molar refractivity (Wildman–Crippen MR) is 85.6 cm³/mol. The molecule has 1 amide bonds. The first kappa shape index (κ1) is 15.7. The molecule has 0 spiro atoms. The van der Waals surface area contributed by atoms with Crippen molar-refractivity contribution in [2.45, 2.75) is 52.6 Å². The van der Waals surface area contributed by atoms with Gasteiger partial charge in [0.1, 0.15) is 5.75 Å². The van der Waals surface area contributed by atoms with Gasteiger partial charge in [-0.15, -0.1) is 0 Å². The second-order valence-corrected chi connectivity index (χ2v) is 6.19. The Hall–Kier alpha value is -1.71. The summed E-state index contributed by atoms with van der Waals surface area (Å²) in [4.78, 5) is 14.3. The molecule has 1 saturated heterocycles. The van der Waals surface area contributed by atoms with Gasteiger partial charge in [-0.25, -0.2) is 0 Å². The predicted octanol–water partition coefficient (Wildman–Crippen LogP) is 3.09. The molecule has 1 aromatic carbocycles. The number of amides is 1. The molecule has 4 heteroatoms. The van der Waals surface area contributed by atoms with E-state index in [0.29, 0.717) is 5.92 Å². The Morgan fingerprint density at radius 3 is 2.43 bits per heavy atom. The molecule has 1 heterocycles. The highest BCUT2D eigenvalue weighted by Gasteiger charge is 2.25. The Labute approximate surface area is 127 Å². The second kappa shape index (κ2) is 6.37. The van der Waals surface area contributed by atoms with Gasteiger partial charge < -0.3 is 15.4 Å². The van der Waals surface area contributed by atoms with Crippen LogP contribution in [0.4, 0.5) is 5.69 Å². The van der Waals surface area contributed by atoms with Crippen molar-refractivity contribution in [1.29, 1.82) is 0 Å². The monoisotopic (exact) mass is 290 g/mol. The standard InChI is InChI=1S/C17H26N2O2/c1-11(2)14-10-15(18)12(3)9-16(14)21-13(4)17(20)19-7-5-6-8-19/h9-11,13H,5-8,18H2,1-4H3. The van der Waals surface area contributed by atoms with Crippen LogP contribution in [0.15, 0.2) is 12.1 Å². The minimum atomic E-state index is -0.455. The van der Waals surface area contributed by atoms with E-state index in [0.717, 1.165) is 48.5 Å². The number of carbonyl (C=O) groups excluding carboxylic acids is 1. The van der Waals surface area contributed by atoms with Gasteiger partial charge in [0.25, 0.3) is 5.91 Å². The van der Waals surface area contributed by atoms with Gasteiger partial charge in [-0.05, 0) is 55.9 Å². The summed E-state index contributed by atoms with van der Waals surface area (Å²) in [5.74, 6) is 1.16. The van der Waals surface area contributed by atoms with Gasteiger partial charge >= 0.3 is 0 Å². The number of hydrogen-bond donors (Lipinski definition) is 1. The third-order valence-corrected chi connectivity index (χ3v) is 4.09. The molecule has 4 nitrogen and oxygen atoms in total. The molecule has 0 bridgehead atoms. The summed E-state index contributed by atoms with van der Waals surface area (Å²) in [6.45, 7) is 9.69. The van der Waals surface area contributed by atoms with E-state index in [9.17, 15) is 4.79 Å². The molecule has 0 radical (unpaired) electrons. The Kier molecular flexibility index (Phi) is 4.76. The summed E-state index contributed by atoms with van der Waals surface area (Å²) in [6.07, 6.45) is 1.73. The summed E-state index contributed by atoms with van der Waals surface area (Å²) in [5, 5.41) is 0. The molecule has 21 heavy (non-hydrogen) atoms. The smallest absolute Gasteiger partial charge is 0.263 e. The third kappa shape index (κ3) is 3.49. The van der Waals surface area contributed by atoms with Crippen LogP contribution in [0.3, 0.4) is 0 Å². The number of nitrogens with zero attached hydrogens (tertiary/aromatic N) is 1. The molecule has 1 unspecified atom stereocenters. The van der Waals surface area contributed by atoms with Gasteiger partial charge in [0.15, 0.2) is 6.10 Å². The van der Waals surface area contributed by atoms with Gasteiger partial charge in [-0.3, -0.25) is 4.79 Å². The normalized spacial score (nSPS) is 16.3. The van der Waals surface area contributed by atoms with Crippen LogP contribution in [0.1, 0.15) is 50.7 Å². The van der Waals surface area contributed by atoms with Crippen molar-refractivity contribution in [3.05, 3.63) is 23.3 Å².